The summed E-state index contributed by atoms with van der Waals surface area (Å²) in [5, 5.41) is 9.12. The van der Waals surface area contributed by atoms with Crippen LogP contribution in [0.2, 0.25) is 0 Å². The number of aromatic nitrogens is 2. The number of halogens is 2. The van der Waals surface area contributed by atoms with Gasteiger partial charge in [-0.15, -0.1) is 0 Å². The van der Waals surface area contributed by atoms with E-state index in [1.165, 1.54) is 22.8 Å². The fraction of sp³-hybridized carbons (Fsp3) is 0.346. The highest BCUT2D eigenvalue weighted by atomic mass is 19.1. The topological polar surface area (TPSA) is 87.9 Å². The van der Waals surface area contributed by atoms with Crippen molar-refractivity contribution in [3.05, 3.63) is 75.1 Å². The Balaban J connectivity index is 1.71. The number of anilines is 1. The summed E-state index contributed by atoms with van der Waals surface area (Å²) >= 11 is 0. The predicted molar refractivity (Wildman–Crippen MR) is 126 cm³/mol. The molecule has 0 radical (unpaired) electrons. The van der Waals surface area contributed by atoms with Crippen LogP contribution in [0.1, 0.15) is 48.3 Å². The zero-order valence-corrected chi connectivity index (χ0v) is 18.9. The Morgan fingerprint density at radius 1 is 1.06 bits per heavy atom. The van der Waals surface area contributed by atoms with Crippen molar-refractivity contribution in [2.75, 3.05) is 18.0 Å². The highest BCUT2D eigenvalue weighted by Gasteiger charge is 2.28. The number of rotatable bonds is 4. The molecule has 8 heteroatoms. The summed E-state index contributed by atoms with van der Waals surface area (Å²) in [7, 11) is 0. The quantitative estimate of drug-likeness (QED) is 0.630. The Hall–Kier alpha value is -3.57. The third-order valence-electron chi connectivity index (χ3n) is 6.73. The van der Waals surface area contributed by atoms with Gasteiger partial charge < -0.3 is 10.6 Å². The maximum Gasteiger partial charge on any atom is 0.263 e. The molecule has 174 valence electrons. The molecule has 3 aromatic rings. The normalized spacial score (nSPS) is 16.5. The molecule has 2 heterocycles. The third kappa shape index (κ3) is 3.97. The van der Waals surface area contributed by atoms with E-state index in [-0.39, 0.29) is 34.7 Å². The van der Waals surface area contributed by atoms with Crippen molar-refractivity contribution in [1.82, 2.24) is 9.55 Å². The highest BCUT2D eigenvalue weighted by molar-refractivity contribution is 5.64. The second kappa shape index (κ2) is 8.65. The summed E-state index contributed by atoms with van der Waals surface area (Å²) in [4.78, 5) is 20.5. The second-order valence-electron chi connectivity index (χ2n) is 9.14. The average molecular weight is 462 g/mol. The number of nitrogens with zero attached hydrogens (tertiary/aromatic N) is 4. The van der Waals surface area contributed by atoms with Crippen LogP contribution in [0.25, 0.3) is 17.1 Å². The van der Waals surface area contributed by atoms with E-state index in [1.807, 2.05) is 4.90 Å². The first-order valence-corrected chi connectivity index (χ1v) is 11.5. The van der Waals surface area contributed by atoms with Crippen molar-refractivity contribution in [2.24, 2.45) is 5.73 Å². The second-order valence-corrected chi connectivity index (χ2v) is 9.14. The summed E-state index contributed by atoms with van der Waals surface area (Å²) in [6.07, 6.45) is 3.47. The van der Waals surface area contributed by atoms with Crippen LogP contribution in [-0.2, 0) is 0 Å². The Kier molecular flexibility index (Phi) is 5.66. The van der Waals surface area contributed by atoms with Gasteiger partial charge in [0.1, 0.15) is 29.3 Å². The first kappa shape index (κ1) is 22.2. The number of hydrogen-bond acceptors (Lipinski definition) is 5. The van der Waals surface area contributed by atoms with Crippen LogP contribution in [0.4, 0.5) is 14.6 Å². The minimum Gasteiger partial charge on any atom is -0.356 e. The standard InChI is InChI=1S/C26H25F2N5O/c1-15-24(32-10-8-19(30)9-11-32)31-25(17-4-5-18(14-29)22(27)12-17)33(26(15)34)20-6-7-21(16-2-3-16)23(28)13-20/h4-7,12-13,16,19H,2-3,8-11,30H2,1H3. The fourth-order valence-electron chi connectivity index (χ4n) is 4.57. The van der Waals surface area contributed by atoms with E-state index in [0.717, 1.165) is 25.7 Å². The third-order valence-corrected chi connectivity index (χ3v) is 6.73. The molecule has 2 fully saturated rings. The van der Waals surface area contributed by atoms with E-state index in [1.54, 1.807) is 31.2 Å². The monoisotopic (exact) mass is 461 g/mol. The number of benzene rings is 2. The van der Waals surface area contributed by atoms with E-state index in [9.17, 15) is 13.6 Å². The van der Waals surface area contributed by atoms with Crippen molar-refractivity contribution in [3.63, 3.8) is 0 Å². The molecule has 1 aliphatic heterocycles. The lowest BCUT2D eigenvalue weighted by molar-refractivity contribution is 0.497. The Morgan fingerprint density at radius 2 is 1.79 bits per heavy atom. The summed E-state index contributed by atoms with van der Waals surface area (Å²) in [6, 6.07) is 10.8. The zero-order chi connectivity index (χ0) is 24.0. The van der Waals surface area contributed by atoms with E-state index in [0.29, 0.717) is 41.3 Å². The van der Waals surface area contributed by atoms with Gasteiger partial charge in [-0.25, -0.2) is 13.8 Å². The van der Waals surface area contributed by atoms with Crippen molar-refractivity contribution in [3.8, 4) is 23.1 Å². The minimum atomic E-state index is -0.706. The van der Waals surface area contributed by atoms with Crippen LogP contribution < -0.4 is 16.2 Å². The Labute approximate surface area is 196 Å². The number of nitriles is 1. The molecule has 0 unspecified atom stereocenters. The van der Waals surface area contributed by atoms with Gasteiger partial charge in [0, 0.05) is 24.7 Å². The maximum absolute atomic E-state index is 14.9. The molecule has 5 rings (SSSR count). The predicted octanol–water partition coefficient (Wildman–Crippen LogP) is 4.16. The van der Waals surface area contributed by atoms with Crippen LogP contribution in [0.3, 0.4) is 0 Å². The lowest BCUT2D eigenvalue weighted by atomic mass is 10.1. The number of hydrogen-bond donors (Lipinski definition) is 1. The van der Waals surface area contributed by atoms with Crippen molar-refractivity contribution < 1.29 is 8.78 Å². The SMILES string of the molecule is Cc1c(N2CCC(N)CC2)nc(-c2ccc(C#N)c(F)c2)n(-c2ccc(C3CC3)c(F)c2)c1=O. The molecule has 1 saturated carbocycles. The number of nitrogens with two attached hydrogens (primary N) is 1. The smallest absolute Gasteiger partial charge is 0.263 e. The molecule has 2 aromatic carbocycles. The Bertz CT molecular complexity index is 1360. The first-order valence-electron chi connectivity index (χ1n) is 11.5. The van der Waals surface area contributed by atoms with Gasteiger partial charge >= 0.3 is 0 Å². The molecule has 0 atom stereocenters. The number of piperidine rings is 1. The fourth-order valence-corrected chi connectivity index (χ4v) is 4.57. The molecular weight excluding hydrogens is 436 g/mol. The van der Waals surface area contributed by atoms with E-state index in [4.69, 9.17) is 16.0 Å². The molecule has 6 nitrogen and oxygen atoms in total. The van der Waals surface area contributed by atoms with Crippen LogP contribution in [0.5, 0.6) is 0 Å². The summed E-state index contributed by atoms with van der Waals surface area (Å²) < 4.78 is 30.8. The molecule has 0 amide bonds. The van der Waals surface area contributed by atoms with Gasteiger partial charge in [0.25, 0.3) is 5.56 Å². The average Bonchev–Trinajstić information content (AvgIpc) is 3.66. The van der Waals surface area contributed by atoms with Crippen molar-refractivity contribution in [2.45, 2.75) is 44.6 Å². The van der Waals surface area contributed by atoms with Gasteiger partial charge in [-0.2, -0.15) is 5.26 Å². The van der Waals surface area contributed by atoms with Gasteiger partial charge in [-0.1, -0.05) is 6.07 Å². The van der Waals surface area contributed by atoms with Gasteiger partial charge in [0.2, 0.25) is 0 Å². The molecule has 0 spiro atoms. The lowest BCUT2D eigenvalue weighted by Gasteiger charge is -2.32. The van der Waals surface area contributed by atoms with Gasteiger partial charge in [0.15, 0.2) is 0 Å². The molecule has 2 N–H and O–H groups in total. The molecule has 1 aromatic heterocycles. The summed E-state index contributed by atoms with van der Waals surface area (Å²) in [6.45, 7) is 3.02. The first-order chi connectivity index (χ1) is 16.4. The van der Waals surface area contributed by atoms with Crippen LogP contribution in [0, 0.1) is 29.9 Å². The van der Waals surface area contributed by atoms with Crippen molar-refractivity contribution >= 4 is 5.82 Å². The summed E-state index contributed by atoms with van der Waals surface area (Å²) in [5.41, 5.74) is 7.33. The lowest BCUT2D eigenvalue weighted by Crippen LogP contribution is -2.41. The van der Waals surface area contributed by atoms with E-state index < -0.39 is 5.82 Å². The maximum atomic E-state index is 14.9. The zero-order valence-electron chi connectivity index (χ0n) is 18.9. The van der Waals surface area contributed by atoms with E-state index in [2.05, 4.69) is 0 Å². The van der Waals surface area contributed by atoms with Crippen LogP contribution >= 0.6 is 0 Å². The van der Waals surface area contributed by atoms with Crippen LogP contribution in [0.15, 0.2) is 41.2 Å². The molecular formula is C26H25F2N5O. The van der Waals surface area contributed by atoms with E-state index >= 15 is 0 Å². The molecule has 2 aliphatic rings. The van der Waals surface area contributed by atoms with Crippen molar-refractivity contribution in [1.29, 1.82) is 5.26 Å². The summed E-state index contributed by atoms with van der Waals surface area (Å²) in [5.74, 6) is -0.131. The largest absolute Gasteiger partial charge is 0.356 e. The molecule has 34 heavy (non-hydrogen) atoms. The van der Waals surface area contributed by atoms with Gasteiger partial charge in [-0.3, -0.25) is 9.36 Å². The van der Waals surface area contributed by atoms with Crippen LogP contribution in [-0.4, -0.2) is 28.7 Å². The van der Waals surface area contributed by atoms with Gasteiger partial charge in [0.05, 0.1) is 16.8 Å². The highest BCUT2D eigenvalue weighted by Crippen LogP contribution is 2.41. The minimum absolute atomic E-state index is 0.102. The van der Waals surface area contributed by atoms with Gasteiger partial charge in [-0.05, 0) is 74.4 Å². The molecule has 1 saturated heterocycles. The molecule has 0 bridgehead atoms. The Morgan fingerprint density at radius 3 is 2.41 bits per heavy atom. The molecule has 1 aliphatic carbocycles.